The molecular weight excluding hydrogens is 330 g/mol. The minimum absolute atomic E-state index is 0.220. The number of hydrogen-bond donors (Lipinski definition) is 2. The SMILES string of the molecule is CCc1cc(-c2nc(-c3cc(C)nc(NC(C)C)n3)no2)cc(C)c1O. The summed E-state index contributed by atoms with van der Waals surface area (Å²) >= 11 is 0. The lowest BCUT2D eigenvalue weighted by atomic mass is 10.0. The van der Waals surface area contributed by atoms with Crippen LogP contribution in [0.4, 0.5) is 5.95 Å². The topological polar surface area (TPSA) is 97.0 Å². The molecule has 0 bridgehead atoms. The predicted molar refractivity (Wildman–Crippen MR) is 100 cm³/mol. The first-order chi connectivity index (χ1) is 12.4. The van der Waals surface area contributed by atoms with Crippen LogP contribution in [0.25, 0.3) is 23.0 Å². The molecule has 2 heterocycles. The van der Waals surface area contributed by atoms with Crippen LogP contribution in [0.3, 0.4) is 0 Å². The van der Waals surface area contributed by atoms with Crippen molar-refractivity contribution in [1.82, 2.24) is 20.1 Å². The number of aromatic hydroxyl groups is 1. The molecule has 0 aliphatic carbocycles. The lowest BCUT2D eigenvalue weighted by Gasteiger charge is -2.09. The van der Waals surface area contributed by atoms with E-state index in [1.807, 2.05) is 52.8 Å². The Morgan fingerprint density at radius 2 is 1.88 bits per heavy atom. The van der Waals surface area contributed by atoms with Gasteiger partial charge in [0.15, 0.2) is 0 Å². The van der Waals surface area contributed by atoms with E-state index in [2.05, 4.69) is 25.4 Å². The summed E-state index contributed by atoms with van der Waals surface area (Å²) in [6.45, 7) is 9.79. The summed E-state index contributed by atoms with van der Waals surface area (Å²) < 4.78 is 5.44. The van der Waals surface area contributed by atoms with Crippen LogP contribution in [-0.4, -0.2) is 31.3 Å². The summed E-state index contributed by atoms with van der Waals surface area (Å²) in [4.78, 5) is 13.3. The van der Waals surface area contributed by atoms with E-state index in [4.69, 9.17) is 4.52 Å². The molecule has 0 aliphatic heterocycles. The highest BCUT2D eigenvalue weighted by Crippen LogP contribution is 2.30. The third-order valence-corrected chi connectivity index (χ3v) is 3.93. The van der Waals surface area contributed by atoms with Gasteiger partial charge in [-0.2, -0.15) is 4.98 Å². The van der Waals surface area contributed by atoms with Crippen LogP contribution in [0.15, 0.2) is 22.7 Å². The van der Waals surface area contributed by atoms with Crippen LogP contribution >= 0.6 is 0 Å². The number of phenols is 1. The van der Waals surface area contributed by atoms with Crippen LogP contribution < -0.4 is 5.32 Å². The first-order valence-corrected chi connectivity index (χ1v) is 8.66. The fourth-order valence-electron chi connectivity index (χ4n) is 2.70. The monoisotopic (exact) mass is 353 g/mol. The first kappa shape index (κ1) is 17.8. The Labute approximate surface area is 152 Å². The Kier molecular flexibility index (Phi) is 4.88. The van der Waals surface area contributed by atoms with Gasteiger partial charge < -0.3 is 14.9 Å². The minimum Gasteiger partial charge on any atom is -0.507 e. The highest BCUT2D eigenvalue weighted by Gasteiger charge is 2.16. The van der Waals surface area contributed by atoms with Crippen molar-refractivity contribution in [2.24, 2.45) is 0 Å². The summed E-state index contributed by atoms with van der Waals surface area (Å²) in [7, 11) is 0. The number of anilines is 1. The van der Waals surface area contributed by atoms with Crippen molar-refractivity contribution in [3.63, 3.8) is 0 Å². The van der Waals surface area contributed by atoms with E-state index in [1.54, 1.807) is 0 Å². The normalized spacial score (nSPS) is 11.2. The fraction of sp³-hybridized carbons (Fsp3) is 0.368. The average molecular weight is 353 g/mol. The molecule has 0 saturated heterocycles. The van der Waals surface area contributed by atoms with Gasteiger partial charge in [-0.1, -0.05) is 12.1 Å². The van der Waals surface area contributed by atoms with Crippen molar-refractivity contribution in [1.29, 1.82) is 0 Å². The maximum absolute atomic E-state index is 10.1. The zero-order valence-electron chi connectivity index (χ0n) is 15.7. The number of benzene rings is 1. The van der Waals surface area contributed by atoms with Crippen LogP contribution in [0.1, 0.15) is 37.6 Å². The number of nitrogens with zero attached hydrogens (tertiary/aromatic N) is 4. The lowest BCUT2D eigenvalue weighted by Crippen LogP contribution is -2.13. The molecule has 3 aromatic rings. The van der Waals surface area contributed by atoms with Crippen LogP contribution in [-0.2, 0) is 6.42 Å². The number of aryl methyl sites for hydroxylation is 3. The van der Waals surface area contributed by atoms with Crippen LogP contribution in [0.5, 0.6) is 5.75 Å². The largest absolute Gasteiger partial charge is 0.507 e. The van der Waals surface area contributed by atoms with Gasteiger partial charge in [0.1, 0.15) is 11.4 Å². The molecule has 7 heteroatoms. The summed E-state index contributed by atoms with van der Waals surface area (Å²) in [5.74, 6) is 1.65. The number of aromatic nitrogens is 4. The quantitative estimate of drug-likeness (QED) is 0.718. The second-order valence-corrected chi connectivity index (χ2v) is 6.59. The summed E-state index contributed by atoms with van der Waals surface area (Å²) in [5, 5.41) is 17.3. The maximum atomic E-state index is 10.1. The molecule has 1 aromatic carbocycles. The fourth-order valence-corrected chi connectivity index (χ4v) is 2.70. The van der Waals surface area contributed by atoms with Gasteiger partial charge in [0, 0.05) is 17.3 Å². The Bertz CT molecular complexity index is 934. The van der Waals surface area contributed by atoms with E-state index in [-0.39, 0.29) is 6.04 Å². The molecule has 0 amide bonds. The van der Waals surface area contributed by atoms with E-state index in [1.165, 1.54) is 0 Å². The molecule has 0 spiro atoms. The molecule has 26 heavy (non-hydrogen) atoms. The van der Waals surface area contributed by atoms with Gasteiger partial charge in [-0.05, 0) is 63.4 Å². The van der Waals surface area contributed by atoms with E-state index in [0.717, 1.165) is 28.8 Å². The summed E-state index contributed by atoms with van der Waals surface area (Å²) in [6.07, 6.45) is 0.719. The van der Waals surface area contributed by atoms with Crippen molar-refractivity contribution >= 4 is 5.95 Å². The van der Waals surface area contributed by atoms with Crippen LogP contribution in [0.2, 0.25) is 0 Å². The molecule has 0 saturated carbocycles. The van der Waals surface area contributed by atoms with Gasteiger partial charge in [-0.3, -0.25) is 0 Å². The number of rotatable bonds is 5. The van der Waals surface area contributed by atoms with E-state index in [0.29, 0.717) is 29.1 Å². The molecular formula is C19H23N5O2. The number of hydrogen-bond acceptors (Lipinski definition) is 7. The summed E-state index contributed by atoms with van der Waals surface area (Å²) in [6, 6.07) is 5.75. The molecule has 0 atom stereocenters. The van der Waals surface area contributed by atoms with E-state index >= 15 is 0 Å². The third kappa shape index (κ3) is 3.66. The van der Waals surface area contributed by atoms with Crippen molar-refractivity contribution in [3.8, 4) is 28.7 Å². The second kappa shape index (κ2) is 7.11. The molecule has 0 unspecified atom stereocenters. The van der Waals surface area contributed by atoms with Gasteiger partial charge in [0.25, 0.3) is 5.89 Å². The standard InChI is InChI=1S/C19H23N5O2/c1-6-13-9-14(7-11(4)16(13)25)18-23-17(24-26-18)15-8-12(5)21-19(22-15)20-10(2)3/h7-10,25H,6H2,1-5H3,(H,20,21,22). The highest BCUT2D eigenvalue weighted by molar-refractivity contribution is 5.62. The Morgan fingerprint density at radius 3 is 2.58 bits per heavy atom. The van der Waals surface area contributed by atoms with Crippen molar-refractivity contribution < 1.29 is 9.63 Å². The van der Waals surface area contributed by atoms with Crippen molar-refractivity contribution in [2.75, 3.05) is 5.32 Å². The smallest absolute Gasteiger partial charge is 0.258 e. The molecule has 3 rings (SSSR count). The van der Waals surface area contributed by atoms with Gasteiger partial charge >= 0.3 is 0 Å². The van der Waals surface area contributed by atoms with Gasteiger partial charge in [0.05, 0.1) is 0 Å². The Hall–Kier alpha value is -2.96. The minimum atomic E-state index is 0.220. The molecule has 136 valence electrons. The van der Waals surface area contributed by atoms with Gasteiger partial charge in [-0.15, -0.1) is 0 Å². The molecule has 0 aliphatic rings. The molecule has 0 fully saturated rings. The zero-order valence-corrected chi connectivity index (χ0v) is 15.7. The summed E-state index contributed by atoms with van der Waals surface area (Å²) in [5.41, 5.74) is 3.82. The van der Waals surface area contributed by atoms with Crippen molar-refractivity contribution in [2.45, 2.75) is 47.1 Å². The average Bonchev–Trinajstić information content (AvgIpc) is 3.06. The Balaban J connectivity index is 1.98. The Morgan fingerprint density at radius 1 is 1.12 bits per heavy atom. The predicted octanol–water partition coefficient (Wildman–Crippen LogP) is 3.90. The van der Waals surface area contributed by atoms with Gasteiger partial charge in [0.2, 0.25) is 11.8 Å². The van der Waals surface area contributed by atoms with Gasteiger partial charge in [-0.25, -0.2) is 9.97 Å². The number of nitrogens with one attached hydrogen (secondary N) is 1. The molecule has 0 radical (unpaired) electrons. The molecule has 2 N–H and O–H groups in total. The first-order valence-electron chi connectivity index (χ1n) is 8.66. The molecule has 2 aromatic heterocycles. The van der Waals surface area contributed by atoms with Crippen molar-refractivity contribution in [3.05, 3.63) is 35.0 Å². The van der Waals surface area contributed by atoms with Crippen LogP contribution in [0, 0.1) is 13.8 Å². The zero-order chi connectivity index (χ0) is 18.8. The number of phenolic OH excluding ortho intramolecular Hbond substituents is 1. The van der Waals surface area contributed by atoms with E-state index in [9.17, 15) is 5.11 Å². The second-order valence-electron chi connectivity index (χ2n) is 6.59. The third-order valence-electron chi connectivity index (χ3n) is 3.93. The van der Waals surface area contributed by atoms with E-state index < -0.39 is 0 Å². The molecule has 7 nitrogen and oxygen atoms in total. The highest BCUT2D eigenvalue weighted by atomic mass is 16.5. The maximum Gasteiger partial charge on any atom is 0.258 e. The lowest BCUT2D eigenvalue weighted by molar-refractivity contribution is 0.431.